The molecule has 2 aliphatic carbocycles. The first kappa shape index (κ1) is 12.9. The van der Waals surface area contributed by atoms with Gasteiger partial charge in [0, 0.05) is 50.4 Å². The Morgan fingerprint density at radius 2 is 1.90 bits per heavy atom. The van der Waals surface area contributed by atoms with Gasteiger partial charge in [-0.1, -0.05) is 0 Å². The van der Waals surface area contributed by atoms with E-state index in [1.807, 2.05) is 6.26 Å². The van der Waals surface area contributed by atoms with E-state index in [-0.39, 0.29) is 0 Å². The fraction of sp³-hybridized carbons (Fsp3) is 0.750. The quantitative estimate of drug-likeness (QED) is 0.858. The summed E-state index contributed by atoms with van der Waals surface area (Å²) in [5, 5.41) is 3.53. The maximum atomic E-state index is 5.71. The van der Waals surface area contributed by atoms with Crippen LogP contribution in [0.25, 0.3) is 0 Å². The van der Waals surface area contributed by atoms with Crippen LogP contribution in [0.3, 0.4) is 0 Å². The second-order valence-electron chi connectivity index (χ2n) is 6.62. The van der Waals surface area contributed by atoms with E-state index in [9.17, 15) is 0 Å². The molecule has 0 spiro atoms. The minimum Gasteiger partial charge on any atom is -0.468 e. The van der Waals surface area contributed by atoms with E-state index >= 15 is 0 Å². The van der Waals surface area contributed by atoms with Crippen molar-refractivity contribution in [2.75, 3.05) is 26.2 Å². The predicted molar refractivity (Wildman–Crippen MR) is 78.4 cm³/mol. The number of rotatable bonds is 6. The molecule has 1 saturated heterocycles. The highest BCUT2D eigenvalue weighted by atomic mass is 16.3. The van der Waals surface area contributed by atoms with Gasteiger partial charge >= 0.3 is 0 Å². The first-order valence-electron chi connectivity index (χ1n) is 8.13. The Labute approximate surface area is 121 Å². The van der Waals surface area contributed by atoms with Gasteiger partial charge in [0.05, 0.1) is 12.8 Å². The average molecular weight is 275 g/mol. The highest BCUT2D eigenvalue weighted by Crippen LogP contribution is 2.27. The highest BCUT2D eigenvalue weighted by Gasteiger charge is 2.31. The summed E-state index contributed by atoms with van der Waals surface area (Å²) in [6.45, 7) is 6.79. The zero-order valence-electron chi connectivity index (χ0n) is 12.2. The number of nitrogens with one attached hydrogen (secondary N) is 1. The maximum Gasteiger partial charge on any atom is 0.118 e. The van der Waals surface area contributed by atoms with Crippen molar-refractivity contribution in [1.82, 2.24) is 15.1 Å². The van der Waals surface area contributed by atoms with Crippen LogP contribution < -0.4 is 5.32 Å². The zero-order valence-corrected chi connectivity index (χ0v) is 12.2. The first-order valence-corrected chi connectivity index (χ1v) is 8.13. The van der Waals surface area contributed by atoms with Crippen LogP contribution in [0.5, 0.6) is 0 Å². The molecule has 0 unspecified atom stereocenters. The van der Waals surface area contributed by atoms with Gasteiger partial charge in [0.25, 0.3) is 0 Å². The van der Waals surface area contributed by atoms with Crippen LogP contribution >= 0.6 is 0 Å². The van der Waals surface area contributed by atoms with Gasteiger partial charge < -0.3 is 9.73 Å². The first-order chi connectivity index (χ1) is 9.87. The Balaban J connectivity index is 1.24. The lowest BCUT2D eigenvalue weighted by atomic mass is 10.2. The molecular formula is C16H25N3O. The molecule has 4 heteroatoms. The van der Waals surface area contributed by atoms with E-state index in [1.165, 1.54) is 57.4 Å². The van der Waals surface area contributed by atoms with E-state index in [2.05, 4.69) is 21.2 Å². The lowest BCUT2D eigenvalue weighted by Gasteiger charge is -2.34. The number of piperazine rings is 1. The molecule has 110 valence electrons. The minimum atomic E-state index is 0.767. The molecule has 0 atom stereocenters. The second-order valence-corrected chi connectivity index (χ2v) is 6.62. The molecule has 1 aliphatic heterocycles. The third kappa shape index (κ3) is 3.25. The molecule has 1 aromatic rings. The summed E-state index contributed by atoms with van der Waals surface area (Å²) in [6.07, 6.45) is 7.46. The van der Waals surface area contributed by atoms with Gasteiger partial charge in [0.2, 0.25) is 0 Å². The van der Waals surface area contributed by atoms with Crippen LogP contribution in [-0.2, 0) is 13.1 Å². The van der Waals surface area contributed by atoms with E-state index in [4.69, 9.17) is 4.42 Å². The molecule has 0 radical (unpaired) electrons. The molecule has 1 aromatic heterocycles. The predicted octanol–water partition coefficient (Wildman–Crippen LogP) is 1.81. The molecule has 0 aromatic carbocycles. The minimum absolute atomic E-state index is 0.767. The van der Waals surface area contributed by atoms with Crippen molar-refractivity contribution < 1.29 is 4.42 Å². The number of hydrogen-bond donors (Lipinski definition) is 1. The normalized spacial score (nSPS) is 25.2. The molecule has 3 aliphatic rings. The van der Waals surface area contributed by atoms with Crippen molar-refractivity contribution in [1.29, 1.82) is 0 Å². The Morgan fingerprint density at radius 3 is 2.60 bits per heavy atom. The smallest absolute Gasteiger partial charge is 0.118 e. The van der Waals surface area contributed by atoms with Crippen LogP contribution in [0, 0.1) is 0 Å². The maximum absolute atomic E-state index is 5.71. The molecule has 1 N–H and O–H groups in total. The average Bonchev–Trinajstić information content (AvgIpc) is 3.38. The zero-order chi connectivity index (χ0) is 13.4. The van der Waals surface area contributed by atoms with Gasteiger partial charge in [-0.3, -0.25) is 9.80 Å². The molecule has 2 heterocycles. The summed E-state index contributed by atoms with van der Waals surface area (Å²) < 4.78 is 5.71. The summed E-state index contributed by atoms with van der Waals surface area (Å²) in [6, 6.07) is 3.91. The van der Waals surface area contributed by atoms with Gasteiger partial charge in [0.15, 0.2) is 0 Å². The van der Waals surface area contributed by atoms with Crippen molar-refractivity contribution in [3.8, 4) is 0 Å². The number of furan rings is 1. The van der Waals surface area contributed by atoms with Crippen molar-refractivity contribution in [3.05, 3.63) is 23.7 Å². The fourth-order valence-corrected chi connectivity index (χ4v) is 3.10. The topological polar surface area (TPSA) is 31.7 Å². The SMILES string of the molecule is c1oc(CN2CCN(C3CC3)CC2)cc1CNC1CC1. The van der Waals surface area contributed by atoms with E-state index in [1.54, 1.807) is 0 Å². The highest BCUT2D eigenvalue weighted by molar-refractivity contribution is 5.13. The van der Waals surface area contributed by atoms with Crippen LogP contribution in [0.15, 0.2) is 16.7 Å². The summed E-state index contributed by atoms with van der Waals surface area (Å²) in [5.74, 6) is 1.12. The Hall–Kier alpha value is -0.840. The Kier molecular flexibility index (Phi) is 3.54. The molecule has 4 nitrogen and oxygen atoms in total. The van der Waals surface area contributed by atoms with Crippen molar-refractivity contribution in [2.24, 2.45) is 0 Å². The summed E-state index contributed by atoms with van der Waals surface area (Å²) in [5.41, 5.74) is 1.29. The van der Waals surface area contributed by atoms with E-state index in [0.717, 1.165) is 30.9 Å². The molecule has 0 bridgehead atoms. The second kappa shape index (κ2) is 5.51. The summed E-state index contributed by atoms with van der Waals surface area (Å²) in [7, 11) is 0. The molecule has 0 amide bonds. The third-order valence-corrected chi connectivity index (χ3v) is 4.73. The van der Waals surface area contributed by atoms with Crippen molar-refractivity contribution >= 4 is 0 Å². The van der Waals surface area contributed by atoms with Gasteiger partial charge in [-0.25, -0.2) is 0 Å². The number of hydrogen-bond acceptors (Lipinski definition) is 4. The van der Waals surface area contributed by atoms with Crippen LogP contribution in [0.1, 0.15) is 37.0 Å². The fourth-order valence-electron chi connectivity index (χ4n) is 3.10. The van der Waals surface area contributed by atoms with Crippen LogP contribution in [0.2, 0.25) is 0 Å². The van der Waals surface area contributed by atoms with Crippen LogP contribution in [0.4, 0.5) is 0 Å². The lowest BCUT2D eigenvalue weighted by Crippen LogP contribution is -2.46. The van der Waals surface area contributed by atoms with Gasteiger partial charge in [-0.05, 0) is 31.7 Å². The van der Waals surface area contributed by atoms with Gasteiger partial charge in [-0.15, -0.1) is 0 Å². The summed E-state index contributed by atoms with van der Waals surface area (Å²) >= 11 is 0. The van der Waals surface area contributed by atoms with Crippen LogP contribution in [-0.4, -0.2) is 48.1 Å². The monoisotopic (exact) mass is 275 g/mol. The van der Waals surface area contributed by atoms with Crippen molar-refractivity contribution in [3.63, 3.8) is 0 Å². The summed E-state index contributed by atoms with van der Waals surface area (Å²) in [4.78, 5) is 5.18. The molecule has 20 heavy (non-hydrogen) atoms. The lowest BCUT2D eigenvalue weighted by molar-refractivity contribution is 0.115. The molecule has 3 fully saturated rings. The molecule has 2 saturated carbocycles. The van der Waals surface area contributed by atoms with Gasteiger partial charge in [0.1, 0.15) is 5.76 Å². The standard InChI is InChI=1S/C16H25N3O/c1-2-14(1)17-10-13-9-16(20-12-13)11-18-5-7-19(8-6-18)15-3-4-15/h9,12,14-15,17H,1-8,10-11H2. The van der Waals surface area contributed by atoms with E-state index < -0.39 is 0 Å². The van der Waals surface area contributed by atoms with Gasteiger partial charge in [-0.2, -0.15) is 0 Å². The molecular weight excluding hydrogens is 250 g/mol. The third-order valence-electron chi connectivity index (χ3n) is 4.73. The van der Waals surface area contributed by atoms with Crippen molar-refractivity contribution in [2.45, 2.75) is 50.9 Å². The Morgan fingerprint density at radius 1 is 1.10 bits per heavy atom. The van der Waals surface area contributed by atoms with E-state index in [0.29, 0.717) is 0 Å². The Bertz CT molecular complexity index is 442. The number of nitrogens with zero attached hydrogens (tertiary/aromatic N) is 2. The molecule has 4 rings (SSSR count). The largest absolute Gasteiger partial charge is 0.468 e.